The highest BCUT2D eigenvalue weighted by molar-refractivity contribution is 9.10. The fourth-order valence-electron chi connectivity index (χ4n) is 3.86. The average molecular weight is 620 g/mol. The van der Waals surface area contributed by atoms with Gasteiger partial charge in [0.05, 0.1) is 35.3 Å². The molecule has 3 aromatic rings. The van der Waals surface area contributed by atoms with Gasteiger partial charge in [0.25, 0.3) is 5.56 Å². The molecule has 0 unspecified atom stereocenters. The van der Waals surface area contributed by atoms with Crippen LogP contribution in [0.4, 0.5) is 0 Å². The molecule has 180 valence electrons. The third-order valence-corrected chi connectivity index (χ3v) is 7.59. The lowest BCUT2D eigenvalue weighted by Crippen LogP contribution is -2.41. The number of fused-ring (bicyclic) bond motifs is 1. The van der Waals surface area contributed by atoms with Crippen LogP contribution in [0.1, 0.15) is 24.0 Å². The van der Waals surface area contributed by atoms with Crippen molar-refractivity contribution in [2.45, 2.75) is 12.8 Å². The molecule has 10 heteroatoms. The maximum atomic E-state index is 13.5. The number of aromatic nitrogens is 1. The SMILES string of the molecule is CCOC(=O)C1=C(N)n2c(sc(=Cc3ccc(Br)cc3)c2=O)=C(C(=O)OC)[C@H]1c1ccc(Br)cc1. The molecule has 4 rings (SSSR count). The smallest absolute Gasteiger partial charge is 0.338 e. The number of esters is 2. The fourth-order valence-corrected chi connectivity index (χ4v) is 5.56. The van der Waals surface area contributed by atoms with E-state index in [9.17, 15) is 14.4 Å². The van der Waals surface area contributed by atoms with Gasteiger partial charge in [0, 0.05) is 8.95 Å². The summed E-state index contributed by atoms with van der Waals surface area (Å²) in [5, 5.41) is 0. The molecule has 0 amide bonds. The number of ether oxygens (including phenoxy) is 2. The van der Waals surface area contributed by atoms with Crippen LogP contribution in [0.15, 0.2) is 67.8 Å². The number of hydrogen-bond acceptors (Lipinski definition) is 7. The molecule has 0 saturated carbocycles. The van der Waals surface area contributed by atoms with Crippen molar-refractivity contribution in [2.24, 2.45) is 5.73 Å². The molecule has 2 aromatic carbocycles. The summed E-state index contributed by atoms with van der Waals surface area (Å²) in [5.74, 6) is -2.33. The van der Waals surface area contributed by atoms with Crippen molar-refractivity contribution in [3.8, 4) is 0 Å². The van der Waals surface area contributed by atoms with Gasteiger partial charge in [0.15, 0.2) is 0 Å². The lowest BCUT2D eigenvalue weighted by atomic mass is 9.83. The van der Waals surface area contributed by atoms with Crippen molar-refractivity contribution in [1.82, 2.24) is 4.57 Å². The molecule has 0 radical (unpaired) electrons. The van der Waals surface area contributed by atoms with E-state index in [2.05, 4.69) is 31.9 Å². The Balaban J connectivity index is 2.10. The van der Waals surface area contributed by atoms with Gasteiger partial charge in [0.1, 0.15) is 10.5 Å². The Kier molecular flexibility index (Phi) is 7.44. The Bertz CT molecular complexity index is 1520. The first kappa shape index (κ1) is 25.2. The van der Waals surface area contributed by atoms with Crippen molar-refractivity contribution in [3.63, 3.8) is 0 Å². The Morgan fingerprint density at radius 3 is 2.20 bits per heavy atom. The number of hydrogen-bond donors (Lipinski definition) is 1. The second kappa shape index (κ2) is 10.3. The van der Waals surface area contributed by atoms with E-state index in [1.54, 1.807) is 37.3 Å². The zero-order valence-corrected chi connectivity index (χ0v) is 22.7. The molecular weight excluding hydrogens is 600 g/mol. The molecule has 7 nitrogen and oxygen atoms in total. The molecule has 0 fully saturated rings. The molecule has 0 saturated heterocycles. The summed E-state index contributed by atoms with van der Waals surface area (Å²) < 4.78 is 14.0. The van der Waals surface area contributed by atoms with Crippen molar-refractivity contribution < 1.29 is 19.1 Å². The van der Waals surface area contributed by atoms with E-state index < -0.39 is 23.4 Å². The van der Waals surface area contributed by atoms with E-state index in [0.29, 0.717) is 14.8 Å². The highest BCUT2D eigenvalue weighted by Gasteiger charge is 2.39. The lowest BCUT2D eigenvalue weighted by Gasteiger charge is -2.26. The number of halogens is 2. The predicted molar refractivity (Wildman–Crippen MR) is 142 cm³/mol. The van der Waals surface area contributed by atoms with Gasteiger partial charge in [-0.2, -0.15) is 0 Å². The first-order chi connectivity index (χ1) is 16.8. The average Bonchev–Trinajstić information content (AvgIpc) is 3.16. The van der Waals surface area contributed by atoms with E-state index in [-0.39, 0.29) is 23.6 Å². The summed E-state index contributed by atoms with van der Waals surface area (Å²) >= 11 is 7.92. The third kappa shape index (κ3) is 4.78. The number of methoxy groups -OCH3 is 1. The fraction of sp³-hybridized carbons (Fsp3) is 0.160. The van der Waals surface area contributed by atoms with Gasteiger partial charge in [-0.05, 0) is 48.4 Å². The molecule has 2 heterocycles. The summed E-state index contributed by atoms with van der Waals surface area (Å²) in [5.41, 5.74) is 7.60. The predicted octanol–water partition coefficient (Wildman–Crippen LogP) is 3.08. The van der Waals surface area contributed by atoms with Crippen molar-refractivity contribution in [1.29, 1.82) is 0 Å². The van der Waals surface area contributed by atoms with E-state index in [4.69, 9.17) is 15.2 Å². The summed E-state index contributed by atoms with van der Waals surface area (Å²) in [6.07, 6.45) is 1.71. The summed E-state index contributed by atoms with van der Waals surface area (Å²) in [6.45, 7) is 1.77. The van der Waals surface area contributed by atoms with Crippen molar-refractivity contribution >= 4 is 72.6 Å². The second-order valence-corrected chi connectivity index (χ2v) is 10.4. The summed E-state index contributed by atoms with van der Waals surface area (Å²) in [4.78, 5) is 39.7. The monoisotopic (exact) mass is 618 g/mol. The van der Waals surface area contributed by atoms with Crippen LogP contribution in [0, 0.1) is 0 Å². The standard InChI is InChI=1S/C25H20Br2N2O5S/c1-3-34-25(32)19-18(14-6-10-16(27)11-7-14)20(24(31)33-2)23-29(21(19)28)22(30)17(35-23)12-13-4-8-15(26)9-5-13/h4-12,18H,3,28H2,1-2H3/t18-/m0/s1. The topological polar surface area (TPSA) is 101 Å². The number of thiazole rings is 1. The van der Waals surface area contributed by atoms with Crippen molar-refractivity contribution in [3.05, 3.63) is 93.7 Å². The molecule has 0 bridgehead atoms. The molecule has 2 N–H and O–H groups in total. The molecular formula is C25H20Br2N2O5S. The summed E-state index contributed by atoms with van der Waals surface area (Å²) in [7, 11) is 1.25. The molecule has 1 aliphatic rings. The Labute approximate surface area is 221 Å². The van der Waals surface area contributed by atoms with Crippen LogP contribution in [-0.2, 0) is 19.1 Å². The number of nitrogens with two attached hydrogens (primary N) is 1. The Hall–Kier alpha value is -2.95. The normalized spacial score (nSPS) is 15.7. The van der Waals surface area contributed by atoms with Gasteiger partial charge >= 0.3 is 11.9 Å². The molecule has 35 heavy (non-hydrogen) atoms. The van der Waals surface area contributed by atoms with Gasteiger partial charge in [0.2, 0.25) is 0 Å². The van der Waals surface area contributed by atoms with Gasteiger partial charge < -0.3 is 15.2 Å². The minimum absolute atomic E-state index is 0.0113. The van der Waals surface area contributed by atoms with Crippen LogP contribution in [0.25, 0.3) is 17.5 Å². The molecule has 0 spiro atoms. The molecule has 1 atom stereocenters. The molecule has 1 aromatic heterocycles. The van der Waals surface area contributed by atoms with Crippen molar-refractivity contribution in [2.75, 3.05) is 13.7 Å². The van der Waals surface area contributed by atoms with E-state index >= 15 is 0 Å². The van der Waals surface area contributed by atoms with E-state index in [1.807, 2.05) is 24.3 Å². The molecule has 1 aliphatic heterocycles. The van der Waals surface area contributed by atoms with Gasteiger partial charge in [-0.25, -0.2) is 9.59 Å². The zero-order chi connectivity index (χ0) is 25.3. The maximum Gasteiger partial charge on any atom is 0.338 e. The van der Waals surface area contributed by atoms with Crippen LogP contribution in [0.2, 0.25) is 0 Å². The van der Waals surface area contributed by atoms with Crippen LogP contribution in [-0.4, -0.2) is 30.2 Å². The third-order valence-electron chi connectivity index (χ3n) is 5.42. The second-order valence-electron chi connectivity index (χ2n) is 7.52. The van der Waals surface area contributed by atoms with Gasteiger partial charge in [-0.1, -0.05) is 56.1 Å². The summed E-state index contributed by atoms with van der Waals surface area (Å²) in [6, 6.07) is 14.6. The first-order valence-corrected chi connectivity index (χ1v) is 12.9. The molecule has 0 aliphatic carbocycles. The maximum absolute atomic E-state index is 13.5. The van der Waals surface area contributed by atoms with Crippen LogP contribution in [0.5, 0.6) is 0 Å². The first-order valence-electron chi connectivity index (χ1n) is 10.5. The minimum atomic E-state index is -0.881. The highest BCUT2D eigenvalue weighted by atomic mass is 79.9. The van der Waals surface area contributed by atoms with Crippen LogP contribution in [0.3, 0.4) is 0 Å². The van der Waals surface area contributed by atoms with Crippen LogP contribution >= 0.6 is 43.2 Å². The quantitative estimate of drug-likeness (QED) is 0.441. The van der Waals surface area contributed by atoms with Gasteiger partial charge in [-0.3, -0.25) is 9.36 Å². The zero-order valence-electron chi connectivity index (χ0n) is 18.7. The van der Waals surface area contributed by atoms with E-state index in [0.717, 1.165) is 25.8 Å². The minimum Gasteiger partial charge on any atom is -0.466 e. The lowest BCUT2D eigenvalue weighted by molar-refractivity contribution is -0.138. The Morgan fingerprint density at radius 2 is 1.63 bits per heavy atom. The number of rotatable bonds is 5. The van der Waals surface area contributed by atoms with Gasteiger partial charge in [-0.15, -0.1) is 11.3 Å². The number of carbonyl (C=O) groups is 2. The van der Waals surface area contributed by atoms with E-state index in [1.165, 1.54) is 11.7 Å². The number of benzene rings is 2. The number of carbonyl (C=O) groups excluding carboxylic acids is 2. The highest BCUT2D eigenvalue weighted by Crippen LogP contribution is 2.38. The Morgan fingerprint density at radius 1 is 1.03 bits per heavy atom. The largest absolute Gasteiger partial charge is 0.466 e. The number of nitrogens with zero attached hydrogens (tertiary/aromatic N) is 1. The van der Waals surface area contributed by atoms with Crippen LogP contribution < -0.4 is 20.5 Å².